The van der Waals surface area contributed by atoms with Crippen LogP contribution < -0.4 is 15.0 Å². The third-order valence-corrected chi connectivity index (χ3v) is 14.4. The molecule has 0 saturated heterocycles. The summed E-state index contributed by atoms with van der Waals surface area (Å²) in [4.78, 5) is 4.46. The van der Waals surface area contributed by atoms with Gasteiger partial charge in [0.1, 0.15) is 22.3 Å². The smallest absolute Gasteiger partial charge is 0.147 e. The van der Waals surface area contributed by atoms with Gasteiger partial charge in [0.15, 0.2) is 0 Å². The van der Waals surface area contributed by atoms with E-state index in [1.807, 2.05) is 48.5 Å². The highest BCUT2D eigenvalue weighted by Gasteiger charge is 2.22. The molecule has 9 aromatic carbocycles. The van der Waals surface area contributed by atoms with E-state index in [0.29, 0.717) is 11.1 Å². The van der Waals surface area contributed by atoms with Crippen molar-refractivity contribution < 1.29 is 8.83 Å². The number of hydrogen-bond donors (Lipinski definition) is 0. The summed E-state index contributed by atoms with van der Waals surface area (Å²) < 4.78 is 13.7. The summed E-state index contributed by atoms with van der Waals surface area (Å²) in [5, 5.41) is 28.6. The van der Waals surface area contributed by atoms with E-state index in [2.05, 4.69) is 170 Å². The SMILES string of the molecule is Cc1ccc(N(c2ccc(C#N)cc2)c2ccc3c(ccc4c5ccc6oc7c8ccc(N(c9ccc(C#N)cc9)c9ccc([Si](C)(C)C)cc9)cc8ccc7c6c5oc34)c2)cc1. The van der Waals surface area contributed by atoms with Crippen molar-refractivity contribution >= 4 is 113 Å². The van der Waals surface area contributed by atoms with Crippen molar-refractivity contribution in [3.8, 4) is 12.1 Å². The minimum Gasteiger partial charge on any atom is -0.455 e. The van der Waals surface area contributed by atoms with Crippen LogP contribution in [0.1, 0.15) is 16.7 Å². The Morgan fingerprint density at radius 3 is 1.33 bits per heavy atom. The number of fused-ring (bicyclic) bond motifs is 11. The van der Waals surface area contributed by atoms with Crippen LogP contribution in [-0.2, 0) is 0 Å². The summed E-state index contributed by atoms with van der Waals surface area (Å²) in [5.41, 5.74) is 11.7. The van der Waals surface area contributed by atoms with E-state index in [1.54, 1.807) is 0 Å². The molecule has 300 valence electrons. The summed E-state index contributed by atoms with van der Waals surface area (Å²) in [7, 11) is -1.49. The molecule has 7 heteroatoms. The summed E-state index contributed by atoms with van der Waals surface area (Å²) in [6.07, 6.45) is 0. The Morgan fingerprint density at radius 2 is 0.825 bits per heavy atom. The fourth-order valence-electron chi connectivity index (χ4n) is 8.99. The highest BCUT2D eigenvalue weighted by molar-refractivity contribution is 6.88. The van der Waals surface area contributed by atoms with Crippen molar-refractivity contribution in [2.45, 2.75) is 26.6 Å². The minimum atomic E-state index is -1.49. The number of benzene rings is 9. The first-order valence-electron chi connectivity index (χ1n) is 21.1. The first kappa shape index (κ1) is 37.9. The summed E-state index contributed by atoms with van der Waals surface area (Å²) >= 11 is 0. The van der Waals surface area contributed by atoms with E-state index in [1.165, 1.54) is 10.8 Å². The van der Waals surface area contributed by atoms with E-state index in [9.17, 15) is 10.5 Å². The molecule has 0 spiro atoms. The largest absolute Gasteiger partial charge is 0.455 e. The van der Waals surface area contributed by atoms with Crippen molar-refractivity contribution in [2.75, 3.05) is 9.80 Å². The topological polar surface area (TPSA) is 80.3 Å². The predicted octanol–water partition coefficient (Wildman–Crippen LogP) is 15.3. The van der Waals surface area contributed by atoms with Crippen molar-refractivity contribution in [1.29, 1.82) is 10.5 Å². The second-order valence-corrected chi connectivity index (χ2v) is 22.4. The molecular weight excluding hydrogens is 789 g/mol. The van der Waals surface area contributed by atoms with Gasteiger partial charge in [-0.3, -0.25) is 0 Å². The monoisotopic (exact) mass is 828 g/mol. The van der Waals surface area contributed by atoms with Gasteiger partial charge in [-0.1, -0.05) is 66.8 Å². The zero-order valence-electron chi connectivity index (χ0n) is 35.3. The number of hydrogen-bond acceptors (Lipinski definition) is 6. The van der Waals surface area contributed by atoms with E-state index >= 15 is 0 Å². The Morgan fingerprint density at radius 1 is 0.413 bits per heavy atom. The third-order valence-electron chi connectivity index (χ3n) is 12.3. The van der Waals surface area contributed by atoms with Gasteiger partial charge in [0.25, 0.3) is 0 Å². The molecule has 63 heavy (non-hydrogen) atoms. The van der Waals surface area contributed by atoms with Gasteiger partial charge in [0.2, 0.25) is 0 Å². The summed E-state index contributed by atoms with van der Waals surface area (Å²) in [6, 6.07) is 63.2. The van der Waals surface area contributed by atoms with E-state index in [-0.39, 0.29) is 0 Å². The van der Waals surface area contributed by atoms with Crippen molar-refractivity contribution in [3.05, 3.63) is 187 Å². The van der Waals surface area contributed by atoms with Gasteiger partial charge < -0.3 is 18.6 Å². The molecule has 0 saturated carbocycles. The van der Waals surface area contributed by atoms with Crippen LogP contribution in [0, 0.1) is 29.6 Å². The molecule has 11 rings (SSSR count). The molecule has 0 aliphatic carbocycles. The number of nitriles is 2. The van der Waals surface area contributed by atoms with E-state index in [4.69, 9.17) is 8.83 Å². The second-order valence-electron chi connectivity index (χ2n) is 17.3. The van der Waals surface area contributed by atoms with Gasteiger partial charge in [0.05, 0.1) is 36.7 Å². The molecule has 11 aromatic rings. The van der Waals surface area contributed by atoms with Crippen LogP contribution in [-0.4, -0.2) is 8.07 Å². The molecule has 0 unspecified atom stereocenters. The number of nitrogens with zero attached hydrogens (tertiary/aromatic N) is 4. The molecule has 0 aliphatic heterocycles. The van der Waals surface area contributed by atoms with Crippen LogP contribution in [0.4, 0.5) is 34.1 Å². The van der Waals surface area contributed by atoms with Gasteiger partial charge in [-0.15, -0.1) is 0 Å². The minimum absolute atomic E-state index is 0.622. The van der Waals surface area contributed by atoms with Crippen molar-refractivity contribution in [3.63, 3.8) is 0 Å². The fraction of sp³-hybridized carbons (Fsp3) is 0.0714. The van der Waals surface area contributed by atoms with Crippen molar-refractivity contribution in [2.24, 2.45) is 0 Å². The van der Waals surface area contributed by atoms with Crippen LogP contribution in [0.25, 0.3) is 65.4 Å². The molecule has 0 aliphatic rings. The zero-order chi connectivity index (χ0) is 43.0. The number of anilines is 6. The Bertz CT molecular complexity index is 3680. The molecule has 0 bridgehead atoms. The van der Waals surface area contributed by atoms with Gasteiger partial charge in [-0.05, 0) is 151 Å². The number of furan rings is 2. The van der Waals surface area contributed by atoms with Crippen LogP contribution in [0.3, 0.4) is 0 Å². The van der Waals surface area contributed by atoms with Gasteiger partial charge in [-0.2, -0.15) is 10.5 Å². The lowest BCUT2D eigenvalue weighted by atomic mass is 10.0. The maximum absolute atomic E-state index is 9.53. The Labute approximate surface area is 365 Å². The Kier molecular flexibility index (Phi) is 8.73. The zero-order valence-corrected chi connectivity index (χ0v) is 36.3. The lowest BCUT2D eigenvalue weighted by molar-refractivity contribution is 0.666. The van der Waals surface area contributed by atoms with Crippen LogP contribution in [0.2, 0.25) is 19.6 Å². The molecule has 0 amide bonds. The maximum atomic E-state index is 9.53. The molecule has 0 atom stereocenters. The molecule has 6 nitrogen and oxygen atoms in total. The van der Waals surface area contributed by atoms with Crippen molar-refractivity contribution in [1.82, 2.24) is 0 Å². The van der Waals surface area contributed by atoms with Gasteiger partial charge >= 0.3 is 0 Å². The quantitative estimate of drug-likeness (QED) is 0.149. The standard InChI is InChI=1S/C56H40N4O2Si/c1-35-5-13-40(14-6-35)59(41-15-7-36(33-57)8-16-41)44-21-27-47-38(31-44)11-25-49-50-29-30-52-53(56(50)62-54(47)49)51-26-12-39-32-45(22-28-48(39)55(51)61-52)60(42-17-9-37(34-58)10-18-42)43-19-23-46(24-20-43)63(2,3)4/h5-32H,1-4H3. The molecule has 0 radical (unpaired) electrons. The lowest BCUT2D eigenvalue weighted by Gasteiger charge is -2.27. The Hall–Kier alpha value is -8.10. The molecule has 0 N–H and O–H groups in total. The average molecular weight is 829 g/mol. The second kappa shape index (κ2) is 14.5. The molecule has 2 heterocycles. The van der Waals surface area contributed by atoms with E-state index < -0.39 is 8.07 Å². The molecule has 2 aromatic heterocycles. The first-order valence-corrected chi connectivity index (χ1v) is 24.6. The van der Waals surface area contributed by atoms with Crippen LogP contribution >= 0.6 is 0 Å². The first-order chi connectivity index (χ1) is 30.6. The lowest BCUT2D eigenvalue weighted by Crippen LogP contribution is -2.37. The fourth-order valence-corrected chi connectivity index (χ4v) is 10.2. The predicted molar refractivity (Wildman–Crippen MR) is 263 cm³/mol. The Balaban J connectivity index is 1.02. The molecular formula is C56H40N4O2Si. The number of rotatable bonds is 7. The third kappa shape index (κ3) is 6.38. The summed E-state index contributed by atoms with van der Waals surface area (Å²) in [6.45, 7) is 9.18. The highest BCUT2D eigenvalue weighted by atomic mass is 28.3. The van der Waals surface area contributed by atoms with Crippen LogP contribution in [0.15, 0.2) is 179 Å². The molecule has 0 fully saturated rings. The highest BCUT2D eigenvalue weighted by Crippen LogP contribution is 2.45. The maximum Gasteiger partial charge on any atom is 0.147 e. The van der Waals surface area contributed by atoms with Gasteiger partial charge in [0, 0.05) is 61.1 Å². The summed E-state index contributed by atoms with van der Waals surface area (Å²) in [5.74, 6) is 0. The normalized spacial score (nSPS) is 11.8. The van der Waals surface area contributed by atoms with Crippen LogP contribution in [0.5, 0.6) is 0 Å². The van der Waals surface area contributed by atoms with Gasteiger partial charge in [-0.25, -0.2) is 0 Å². The van der Waals surface area contributed by atoms with E-state index in [0.717, 1.165) is 99.5 Å². The average Bonchev–Trinajstić information content (AvgIpc) is 3.89. The number of aryl methyl sites for hydroxylation is 1.